The van der Waals surface area contributed by atoms with E-state index in [0.717, 1.165) is 21.8 Å². The van der Waals surface area contributed by atoms with E-state index >= 15 is 0 Å². The molecule has 5 nitrogen and oxygen atoms in total. The zero-order valence-electron chi connectivity index (χ0n) is 12.2. The quantitative estimate of drug-likeness (QED) is 0.781. The molecular formula is C16H14ClNO4. The predicted octanol–water partition coefficient (Wildman–Crippen LogP) is 3.76. The van der Waals surface area contributed by atoms with Gasteiger partial charge in [0.05, 0.1) is 30.6 Å². The van der Waals surface area contributed by atoms with Crippen LogP contribution in [0.3, 0.4) is 0 Å². The van der Waals surface area contributed by atoms with Crippen molar-refractivity contribution in [3.63, 3.8) is 0 Å². The van der Waals surface area contributed by atoms with Crippen molar-refractivity contribution in [2.24, 2.45) is 0 Å². The number of nitrogens with one attached hydrogen (secondary N) is 1. The Kier molecular flexibility index (Phi) is 2.97. The van der Waals surface area contributed by atoms with Crippen LogP contribution in [0.4, 0.5) is 0 Å². The largest absolute Gasteiger partial charge is 0.495 e. The van der Waals surface area contributed by atoms with Crippen molar-refractivity contribution in [3.05, 3.63) is 23.2 Å². The third-order valence-electron chi connectivity index (χ3n) is 3.82. The highest BCUT2D eigenvalue weighted by atomic mass is 35.5. The first-order valence-corrected chi connectivity index (χ1v) is 7.26. The van der Waals surface area contributed by atoms with Gasteiger partial charge >= 0.3 is 0 Å². The lowest BCUT2D eigenvalue weighted by Crippen LogP contribution is -2.15. The number of aromatic amines is 1. The third-order valence-corrected chi connectivity index (χ3v) is 4.04. The van der Waals surface area contributed by atoms with Crippen LogP contribution in [0.5, 0.6) is 23.0 Å². The highest BCUT2D eigenvalue weighted by Crippen LogP contribution is 2.47. The lowest BCUT2D eigenvalue weighted by molar-refractivity contribution is 0.173. The second-order valence-corrected chi connectivity index (χ2v) is 5.45. The lowest BCUT2D eigenvalue weighted by Gasteiger charge is -2.20. The van der Waals surface area contributed by atoms with Gasteiger partial charge in [0.1, 0.15) is 24.7 Å². The van der Waals surface area contributed by atoms with E-state index in [0.29, 0.717) is 41.2 Å². The summed E-state index contributed by atoms with van der Waals surface area (Å²) in [7, 11) is 3.24. The van der Waals surface area contributed by atoms with E-state index in [2.05, 4.69) is 4.98 Å². The average molecular weight is 320 g/mol. The summed E-state index contributed by atoms with van der Waals surface area (Å²) in [5.41, 5.74) is 1.69. The number of benzene rings is 2. The van der Waals surface area contributed by atoms with Crippen molar-refractivity contribution in [2.75, 3.05) is 27.4 Å². The Labute approximate surface area is 131 Å². The molecule has 22 heavy (non-hydrogen) atoms. The maximum atomic E-state index is 6.22. The molecule has 1 aliphatic rings. The molecule has 1 aromatic heterocycles. The molecule has 0 fully saturated rings. The Morgan fingerprint density at radius 2 is 1.73 bits per heavy atom. The number of ether oxygens (including phenoxy) is 4. The summed E-state index contributed by atoms with van der Waals surface area (Å²) in [5.74, 6) is 2.74. The van der Waals surface area contributed by atoms with Crippen molar-refractivity contribution in [3.8, 4) is 23.0 Å². The fraction of sp³-hybridized carbons (Fsp3) is 0.250. The Bertz CT molecular complexity index is 887. The third kappa shape index (κ3) is 1.78. The van der Waals surface area contributed by atoms with Crippen LogP contribution in [0.1, 0.15) is 0 Å². The number of halogens is 1. The topological polar surface area (TPSA) is 52.7 Å². The van der Waals surface area contributed by atoms with Crippen LogP contribution in [-0.2, 0) is 0 Å². The Morgan fingerprint density at radius 1 is 1.00 bits per heavy atom. The molecule has 0 spiro atoms. The van der Waals surface area contributed by atoms with Crippen LogP contribution in [-0.4, -0.2) is 32.4 Å². The van der Waals surface area contributed by atoms with E-state index in [-0.39, 0.29) is 0 Å². The molecule has 2 aromatic carbocycles. The van der Waals surface area contributed by atoms with E-state index in [4.69, 9.17) is 30.5 Å². The Morgan fingerprint density at radius 3 is 2.50 bits per heavy atom. The molecule has 0 aliphatic carbocycles. The molecular weight excluding hydrogens is 306 g/mol. The number of H-pyrrole nitrogens is 1. The number of rotatable bonds is 2. The molecule has 0 bridgehead atoms. The normalized spacial score (nSPS) is 13.6. The number of hydrogen-bond acceptors (Lipinski definition) is 4. The molecule has 4 rings (SSSR count). The summed E-state index contributed by atoms with van der Waals surface area (Å²) in [6, 6.07) is 5.49. The highest BCUT2D eigenvalue weighted by Gasteiger charge is 2.23. The van der Waals surface area contributed by atoms with E-state index < -0.39 is 0 Å². The van der Waals surface area contributed by atoms with E-state index in [1.165, 1.54) is 0 Å². The van der Waals surface area contributed by atoms with Gasteiger partial charge in [-0.25, -0.2) is 0 Å². The van der Waals surface area contributed by atoms with E-state index in [9.17, 15) is 0 Å². The molecule has 3 aromatic rings. The van der Waals surface area contributed by atoms with Crippen molar-refractivity contribution < 1.29 is 18.9 Å². The van der Waals surface area contributed by atoms with Gasteiger partial charge in [0.2, 0.25) is 0 Å². The maximum Gasteiger partial charge on any atom is 0.171 e. The first-order valence-electron chi connectivity index (χ1n) is 6.88. The SMILES string of the molecule is COc1cc(Cl)cc2c1[nH]c1c(OC)cc3c(c12)OCCO3. The zero-order valence-corrected chi connectivity index (χ0v) is 12.9. The van der Waals surface area contributed by atoms with E-state index in [1.807, 2.05) is 12.1 Å². The molecule has 114 valence electrons. The minimum atomic E-state index is 0.513. The van der Waals surface area contributed by atoms with Crippen LogP contribution < -0.4 is 18.9 Å². The van der Waals surface area contributed by atoms with Crippen LogP contribution in [0.2, 0.25) is 5.02 Å². The van der Waals surface area contributed by atoms with Gasteiger partial charge in [-0.2, -0.15) is 0 Å². The summed E-state index contributed by atoms with van der Waals surface area (Å²) < 4.78 is 22.4. The molecule has 6 heteroatoms. The molecule has 1 aliphatic heterocycles. The summed E-state index contributed by atoms with van der Waals surface area (Å²) in [6.07, 6.45) is 0. The second kappa shape index (κ2) is 4.88. The van der Waals surface area contributed by atoms with Gasteiger partial charge in [-0.05, 0) is 6.07 Å². The molecule has 0 amide bonds. The van der Waals surface area contributed by atoms with Crippen LogP contribution in [0.15, 0.2) is 18.2 Å². The zero-order chi connectivity index (χ0) is 15.3. The van der Waals surface area contributed by atoms with Crippen LogP contribution in [0, 0.1) is 0 Å². The van der Waals surface area contributed by atoms with Gasteiger partial charge in [0.15, 0.2) is 11.5 Å². The smallest absolute Gasteiger partial charge is 0.171 e. The number of fused-ring (bicyclic) bond motifs is 5. The standard InChI is InChI=1S/C16H14ClNO4/c1-19-10-6-8(17)5-9-13-15(18-14(9)10)11(20-2)7-12-16(13)22-4-3-21-12/h5-7,18H,3-4H2,1-2H3. The molecule has 0 atom stereocenters. The number of aromatic nitrogens is 1. The van der Waals surface area contributed by atoms with Gasteiger partial charge in [0.25, 0.3) is 0 Å². The molecule has 0 unspecified atom stereocenters. The lowest BCUT2D eigenvalue weighted by atomic mass is 10.1. The Hall–Kier alpha value is -2.27. The first-order chi connectivity index (χ1) is 10.7. The van der Waals surface area contributed by atoms with Crippen molar-refractivity contribution >= 4 is 33.4 Å². The summed E-state index contributed by atoms with van der Waals surface area (Å²) in [4.78, 5) is 3.35. The number of hydrogen-bond donors (Lipinski definition) is 1. The van der Waals surface area contributed by atoms with Gasteiger partial charge in [-0.1, -0.05) is 11.6 Å². The monoisotopic (exact) mass is 319 g/mol. The summed E-state index contributed by atoms with van der Waals surface area (Å²) in [5, 5.41) is 2.41. The maximum absolute atomic E-state index is 6.22. The van der Waals surface area contributed by atoms with Gasteiger partial charge < -0.3 is 23.9 Å². The fourth-order valence-corrected chi connectivity index (χ4v) is 3.11. The second-order valence-electron chi connectivity index (χ2n) is 5.01. The molecule has 2 heterocycles. The summed E-state index contributed by atoms with van der Waals surface area (Å²) in [6.45, 7) is 1.03. The van der Waals surface area contributed by atoms with Crippen LogP contribution >= 0.6 is 11.6 Å². The van der Waals surface area contributed by atoms with Gasteiger partial charge in [0, 0.05) is 22.5 Å². The number of methoxy groups -OCH3 is 2. The average Bonchev–Trinajstić information content (AvgIpc) is 2.93. The Balaban J connectivity index is 2.20. The minimum absolute atomic E-state index is 0.513. The van der Waals surface area contributed by atoms with Crippen LogP contribution in [0.25, 0.3) is 21.8 Å². The van der Waals surface area contributed by atoms with Gasteiger partial charge in [-0.3, -0.25) is 0 Å². The molecule has 0 radical (unpaired) electrons. The molecule has 0 saturated heterocycles. The van der Waals surface area contributed by atoms with Crippen molar-refractivity contribution in [1.82, 2.24) is 4.98 Å². The van der Waals surface area contributed by atoms with Crippen molar-refractivity contribution in [1.29, 1.82) is 0 Å². The van der Waals surface area contributed by atoms with E-state index in [1.54, 1.807) is 20.3 Å². The summed E-state index contributed by atoms with van der Waals surface area (Å²) >= 11 is 6.22. The minimum Gasteiger partial charge on any atom is -0.495 e. The highest BCUT2D eigenvalue weighted by molar-refractivity contribution is 6.32. The first kappa shape index (κ1) is 13.4. The predicted molar refractivity (Wildman–Crippen MR) is 84.9 cm³/mol. The molecule has 1 N–H and O–H groups in total. The molecule has 0 saturated carbocycles. The fourth-order valence-electron chi connectivity index (χ4n) is 2.90. The van der Waals surface area contributed by atoms with Gasteiger partial charge in [-0.15, -0.1) is 0 Å². The van der Waals surface area contributed by atoms with Crippen molar-refractivity contribution in [2.45, 2.75) is 0 Å².